The second-order valence-electron chi connectivity index (χ2n) is 7.42. The van der Waals surface area contributed by atoms with E-state index in [4.69, 9.17) is 16.0 Å². The van der Waals surface area contributed by atoms with Gasteiger partial charge in [-0.05, 0) is 25.1 Å². The first kappa shape index (κ1) is 23.1. The molecule has 0 aliphatic rings. The largest absolute Gasteiger partial charge is 0.443 e. The van der Waals surface area contributed by atoms with Crippen LogP contribution in [0.4, 0.5) is 14.6 Å². The Bertz CT molecular complexity index is 1400. The van der Waals surface area contributed by atoms with E-state index in [9.17, 15) is 18.4 Å². The van der Waals surface area contributed by atoms with Crippen molar-refractivity contribution < 1.29 is 22.8 Å². The van der Waals surface area contributed by atoms with E-state index >= 15 is 0 Å². The smallest absolute Gasteiger partial charge is 0.272 e. The Morgan fingerprint density at radius 2 is 1.85 bits per heavy atom. The minimum atomic E-state index is -1.22. The number of hydrogen-bond acceptors (Lipinski definition) is 5. The number of H-pyrrole nitrogens is 1. The van der Waals surface area contributed by atoms with E-state index in [0.29, 0.717) is 29.5 Å². The normalized spacial score (nSPS) is 10.9. The number of nitrogens with one attached hydrogen (secondary N) is 3. The number of oxazole rings is 1. The molecule has 2 aromatic carbocycles. The fourth-order valence-electron chi connectivity index (χ4n) is 3.25. The molecule has 0 saturated heterocycles. The van der Waals surface area contributed by atoms with Crippen molar-refractivity contribution in [1.29, 1.82) is 0 Å². The van der Waals surface area contributed by atoms with Crippen LogP contribution in [0.25, 0.3) is 11.3 Å². The van der Waals surface area contributed by atoms with Gasteiger partial charge in [0.1, 0.15) is 11.5 Å². The van der Waals surface area contributed by atoms with Gasteiger partial charge < -0.3 is 15.1 Å². The van der Waals surface area contributed by atoms with E-state index in [1.807, 2.05) is 31.2 Å². The third-order valence-corrected chi connectivity index (χ3v) is 5.13. The molecule has 0 saturated carbocycles. The van der Waals surface area contributed by atoms with Crippen LogP contribution >= 0.6 is 11.6 Å². The summed E-state index contributed by atoms with van der Waals surface area (Å²) in [4.78, 5) is 29.3. The lowest BCUT2D eigenvalue weighted by Crippen LogP contribution is -2.23. The molecule has 0 aliphatic carbocycles. The lowest BCUT2D eigenvalue weighted by Gasteiger charge is -2.05. The quantitative estimate of drug-likeness (QED) is 0.340. The van der Waals surface area contributed by atoms with Crippen LogP contribution in [0.15, 0.2) is 46.9 Å². The number of carbonyl (C=O) groups excluding carboxylic acids is 2. The second kappa shape index (κ2) is 9.44. The van der Waals surface area contributed by atoms with Gasteiger partial charge in [0.05, 0.1) is 17.1 Å². The number of aryl methyl sites for hydroxylation is 2. The Hall–Kier alpha value is -4.05. The van der Waals surface area contributed by atoms with Gasteiger partial charge in [0.2, 0.25) is 0 Å². The summed E-state index contributed by atoms with van der Waals surface area (Å²) in [6, 6.07) is 10.4. The SMILES string of the molecule is Cc1cccc(-c2nc(C)oc2CNC(=O)c2cc(NC(=O)c3cc(F)c(F)cc3Cl)[nH]n2)c1. The predicted octanol–water partition coefficient (Wildman–Crippen LogP) is 4.80. The van der Waals surface area contributed by atoms with E-state index in [2.05, 4.69) is 25.8 Å². The summed E-state index contributed by atoms with van der Waals surface area (Å²) in [6.07, 6.45) is 0. The van der Waals surface area contributed by atoms with Crippen molar-refractivity contribution in [1.82, 2.24) is 20.5 Å². The first-order valence-corrected chi connectivity index (χ1v) is 10.4. The van der Waals surface area contributed by atoms with E-state index in [1.54, 1.807) is 6.92 Å². The molecule has 0 unspecified atom stereocenters. The summed E-state index contributed by atoms with van der Waals surface area (Å²) >= 11 is 5.81. The second-order valence-corrected chi connectivity index (χ2v) is 7.83. The molecule has 3 N–H and O–H groups in total. The molecule has 0 radical (unpaired) electrons. The lowest BCUT2D eigenvalue weighted by atomic mass is 10.1. The predicted molar refractivity (Wildman–Crippen MR) is 120 cm³/mol. The molecular formula is C23H18ClF2N5O3. The minimum Gasteiger partial charge on any atom is -0.443 e. The fraction of sp³-hybridized carbons (Fsp3) is 0.130. The van der Waals surface area contributed by atoms with Gasteiger partial charge in [0, 0.05) is 18.6 Å². The molecule has 0 aliphatic heterocycles. The van der Waals surface area contributed by atoms with Gasteiger partial charge >= 0.3 is 0 Å². The summed E-state index contributed by atoms with van der Waals surface area (Å²) in [5, 5.41) is 11.2. The third-order valence-electron chi connectivity index (χ3n) is 4.82. The van der Waals surface area contributed by atoms with Crippen molar-refractivity contribution in [3.8, 4) is 11.3 Å². The maximum atomic E-state index is 13.5. The van der Waals surface area contributed by atoms with Gasteiger partial charge in [-0.2, -0.15) is 5.10 Å². The van der Waals surface area contributed by atoms with Crippen LogP contribution in [0.3, 0.4) is 0 Å². The van der Waals surface area contributed by atoms with Crippen LogP contribution in [-0.2, 0) is 6.54 Å². The Kier molecular flexibility index (Phi) is 6.42. The average Bonchev–Trinajstić information content (AvgIpc) is 3.41. The molecule has 4 aromatic rings. The Labute approximate surface area is 197 Å². The molecule has 8 nitrogen and oxygen atoms in total. The van der Waals surface area contributed by atoms with Crippen LogP contribution in [-0.4, -0.2) is 27.0 Å². The minimum absolute atomic E-state index is 0.0139. The van der Waals surface area contributed by atoms with Crippen molar-refractivity contribution in [3.05, 3.63) is 87.6 Å². The van der Waals surface area contributed by atoms with Crippen molar-refractivity contribution in [2.24, 2.45) is 0 Å². The summed E-state index contributed by atoms with van der Waals surface area (Å²) < 4.78 is 32.3. The highest BCUT2D eigenvalue weighted by atomic mass is 35.5. The van der Waals surface area contributed by atoms with Gasteiger partial charge in [-0.3, -0.25) is 14.7 Å². The van der Waals surface area contributed by atoms with Gasteiger partial charge in [-0.1, -0.05) is 35.4 Å². The summed E-state index contributed by atoms with van der Waals surface area (Å²) in [5.41, 5.74) is 2.26. The topological polar surface area (TPSA) is 113 Å². The number of hydrogen-bond donors (Lipinski definition) is 3. The highest BCUT2D eigenvalue weighted by Crippen LogP contribution is 2.25. The highest BCUT2D eigenvalue weighted by Gasteiger charge is 2.19. The van der Waals surface area contributed by atoms with E-state index < -0.39 is 23.4 Å². The number of halogens is 3. The maximum absolute atomic E-state index is 13.5. The number of rotatable bonds is 6. The van der Waals surface area contributed by atoms with Crippen LogP contribution in [0.5, 0.6) is 0 Å². The standard InChI is InChI=1S/C23H18ClF2N5O3/c1-11-4-3-5-13(6-11)21-19(34-12(2)28-21)10-27-23(33)18-9-20(31-30-18)29-22(32)14-7-16(25)17(26)8-15(14)24/h3-9H,10H2,1-2H3,(H,27,33)(H2,29,30,31,32). The van der Waals surface area contributed by atoms with Crippen LogP contribution in [0, 0.1) is 25.5 Å². The first-order chi connectivity index (χ1) is 16.2. The van der Waals surface area contributed by atoms with Crippen LogP contribution in [0.1, 0.15) is 38.1 Å². The Morgan fingerprint density at radius 3 is 2.62 bits per heavy atom. The van der Waals surface area contributed by atoms with Gasteiger partial charge in [0.15, 0.2) is 29.0 Å². The zero-order valence-electron chi connectivity index (χ0n) is 18.0. The molecular weight excluding hydrogens is 468 g/mol. The molecule has 0 fully saturated rings. The molecule has 0 spiro atoms. The molecule has 4 rings (SSSR count). The van der Waals surface area contributed by atoms with Crippen molar-refractivity contribution >= 4 is 29.2 Å². The molecule has 2 aromatic heterocycles. The monoisotopic (exact) mass is 485 g/mol. The van der Waals surface area contributed by atoms with Crippen LogP contribution in [0.2, 0.25) is 5.02 Å². The van der Waals surface area contributed by atoms with Gasteiger partial charge in [-0.25, -0.2) is 13.8 Å². The summed E-state index contributed by atoms with van der Waals surface area (Å²) in [5.74, 6) is -2.73. The van der Waals surface area contributed by atoms with E-state index in [0.717, 1.165) is 11.1 Å². The number of aromatic amines is 1. The average molecular weight is 486 g/mol. The first-order valence-electron chi connectivity index (χ1n) is 10.0. The van der Waals surface area contributed by atoms with Gasteiger partial charge in [0.25, 0.3) is 11.8 Å². The van der Waals surface area contributed by atoms with Crippen molar-refractivity contribution in [2.75, 3.05) is 5.32 Å². The van der Waals surface area contributed by atoms with Crippen molar-refractivity contribution in [3.63, 3.8) is 0 Å². The number of nitrogens with zero attached hydrogens (tertiary/aromatic N) is 2. The van der Waals surface area contributed by atoms with E-state index in [-0.39, 0.29) is 28.6 Å². The Morgan fingerprint density at radius 1 is 1.09 bits per heavy atom. The van der Waals surface area contributed by atoms with E-state index in [1.165, 1.54) is 6.07 Å². The zero-order valence-corrected chi connectivity index (χ0v) is 18.8. The third kappa shape index (κ3) is 4.96. The molecule has 34 heavy (non-hydrogen) atoms. The summed E-state index contributed by atoms with van der Waals surface area (Å²) in [6.45, 7) is 3.74. The molecule has 0 atom stereocenters. The van der Waals surface area contributed by atoms with Gasteiger partial charge in [-0.15, -0.1) is 0 Å². The number of anilines is 1. The Balaban J connectivity index is 1.43. The number of amides is 2. The highest BCUT2D eigenvalue weighted by molar-refractivity contribution is 6.34. The molecule has 0 bridgehead atoms. The maximum Gasteiger partial charge on any atom is 0.272 e. The fourth-order valence-corrected chi connectivity index (χ4v) is 3.48. The molecule has 2 heterocycles. The number of benzene rings is 2. The molecule has 174 valence electrons. The summed E-state index contributed by atoms with van der Waals surface area (Å²) in [7, 11) is 0. The number of aromatic nitrogens is 3. The molecule has 11 heteroatoms. The zero-order chi connectivity index (χ0) is 24.4. The lowest BCUT2D eigenvalue weighted by molar-refractivity contribution is 0.0942. The molecule has 2 amide bonds. The van der Waals surface area contributed by atoms with Crippen molar-refractivity contribution in [2.45, 2.75) is 20.4 Å². The number of carbonyl (C=O) groups is 2. The van der Waals surface area contributed by atoms with Crippen LogP contribution < -0.4 is 10.6 Å².